The first-order valence-electron chi connectivity index (χ1n) is 6.57. The number of aliphatic carboxylic acids is 1. The van der Waals surface area contributed by atoms with Crippen LogP contribution in [0.2, 0.25) is 0 Å². The fourth-order valence-corrected chi connectivity index (χ4v) is 2.36. The van der Waals surface area contributed by atoms with Gasteiger partial charge in [-0.15, -0.1) is 0 Å². The maximum absolute atomic E-state index is 11.3. The molecule has 0 heterocycles. The lowest BCUT2D eigenvalue weighted by Crippen LogP contribution is -2.53. The Morgan fingerprint density at radius 3 is 2.53 bits per heavy atom. The van der Waals surface area contributed by atoms with E-state index in [4.69, 9.17) is 4.74 Å². The van der Waals surface area contributed by atoms with Gasteiger partial charge in [0.15, 0.2) is 0 Å². The highest BCUT2D eigenvalue weighted by molar-refractivity contribution is 5.78. The Balaban J connectivity index is 2.35. The molecule has 1 rings (SSSR count). The van der Waals surface area contributed by atoms with Gasteiger partial charge in [-0.05, 0) is 40.0 Å². The van der Waals surface area contributed by atoms with Crippen LogP contribution in [-0.2, 0) is 9.53 Å². The fourth-order valence-electron chi connectivity index (χ4n) is 2.36. The van der Waals surface area contributed by atoms with Gasteiger partial charge in [-0.1, -0.05) is 12.8 Å². The molecule has 0 aliphatic heterocycles. The molecule has 1 unspecified atom stereocenters. The summed E-state index contributed by atoms with van der Waals surface area (Å²) in [6.45, 7) is 6.17. The molecular weight excluding hydrogens is 218 g/mol. The highest BCUT2D eigenvalue weighted by atomic mass is 16.5. The third-order valence-electron chi connectivity index (χ3n) is 3.34. The second kappa shape index (κ2) is 6.36. The third kappa shape index (κ3) is 4.64. The van der Waals surface area contributed by atoms with Crippen molar-refractivity contribution in [3.63, 3.8) is 0 Å². The zero-order valence-corrected chi connectivity index (χ0v) is 11.2. The van der Waals surface area contributed by atoms with Crippen LogP contribution in [-0.4, -0.2) is 35.4 Å². The maximum Gasteiger partial charge on any atom is 0.323 e. The van der Waals surface area contributed by atoms with Crippen molar-refractivity contribution in [1.82, 2.24) is 5.32 Å². The smallest absolute Gasteiger partial charge is 0.323 e. The normalized spacial score (nSPS) is 20.7. The van der Waals surface area contributed by atoms with E-state index in [1.54, 1.807) is 6.92 Å². The second-order valence-corrected chi connectivity index (χ2v) is 5.46. The fraction of sp³-hybridized carbons (Fsp3) is 0.923. The molecule has 0 aromatic carbocycles. The summed E-state index contributed by atoms with van der Waals surface area (Å²) >= 11 is 0. The Bertz CT molecular complexity index is 249. The van der Waals surface area contributed by atoms with Gasteiger partial charge in [0.2, 0.25) is 0 Å². The van der Waals surface area contributed by atoms with E-state index in [2.05, 4.69) is 5.32 Å². The summed E-state index contributed by atoms with van der Waals surface area (Å²) in [5, 5.41) is 12.4. The minimum atomic E-state index is -0.882. The first-order valence-corrected chi connectivity index (χ1v) is 6.57. The van der Waals surface area contributed by atoms with Crippen molar-refractivity contribution in [1.29, 1.82) is 0 Å². The van der Waals surface area contributed by atoms with Crippen molar-refractivity contribution >= 4 is 5.97 Å². The molecule has 0 saturated heterocycles. The monoisotopic (exact) mass is 243 g/mol. The quantitative estimate of drug-likeness (QED) is 0.719. The molecule has 0 radical (unpaired) electrons. The lowest BCUT2D eigenvalue weighted by atomic mass is 9.97. The van der Waals surface area contributed by atoms with Crippen LogP contribution in [0.5, 0.6) is 0 Å². The predicted molar refractivity (Wildman–Crippen MR) is 67.1 cm³/mol. The summed E-state index contributed by atoms with van der Waals surface area (Å²) in [4.78, 5) is 11.3. The molecule has 0 aromatic heterocycles. The summed E-state index contributed by atoms with van der Waals surface area (Å²) in [7, 11) is 0. The lowest BCUT2D eigenvalue weighted by molar-refractivity contribution is -0.145. The number of hydrogen-bond donors (Lipinski definition) is 2. The van der Waals surface area contributed by atoms with E-state index in [-0.39, 0.29) is 6.04 Å². The molecule has 17 heavy (non-hydrogen) atoms. The third-order valence-corrected chi connectivity index (χ3v) is 3.34. The Morgan fingerprint density at radius 1 is 1.47 bits per heavy atom. The van der Waals surface area contributed by atoms with E-state index < -0.39 is 11.5 Å². The number of hydrogen-bond acceptors (Lipinski definition) is 3. The van der Waals surface area contributed by atoms with Crippen molar-refractivity contribution in [2.24, 2.45) is 0 Å². The Hall–Kier alpha value is -0.610. The van der Waals surface area contributed by atoms with Crippen LogP contribution in [0.3, 0.4) is 0 Å². The molecule has 1 saturated carbocycles. The van der Waals surface area contributed by atoms with E-state index in [9.17, 15) is 9.90 Å². The molecular formula is C13H25NO3. The summed E-state index contributed by atoms with van der Waals surface area (Å²) in [5.41, 5.74) is -0.882. The van der Waals surface area contributed by atoms with Crippen LogP contribution in [0, 0.1) is 0 Å². The minimum Gasteiger partial charge on any atom is -0.480 e. The summed E-state index contributed by atoms with van der Waals surface area (Å²) in [5.74, 6) is -0.804. The molecule has 2 N–H and O–H groups in total. The van der Waals surface area contributed by atoms with Crippen molar-refractivity contribution < 1.29 is 14.6 Å². The van der Waals surface area contributed by atoms with E-state index in [0.29, 0.717) is 19.1 Å². The van der Waals surface area contributed by atoms with Crippen molar-refractivity contribution in [3.8, 4) is 0 Å². The number of rotatable bonds is 7. The first kappa shape index (κ1) is 14.5. The average molecular weight is 243 g/mol. The largest absolute Gasteiger partial charge is 0.480 e. The highest BCUT2D eigenvalue weighted by Crippen LogP contribution is 2.22. The minimum absolute atomic E-state index is 0.155. The van der Waals surface area contributed by atoms with Crippen LogP contribution < -0.4 is 5.32 Å². The number of carboxylic acid groups (broad SMARTS) is 1. The number of carbonyl (C=O) groups is 1. The topological polar surface area (TPSA) is 58.6 Å². The van der Waals surface area contributed by atoms with Crippen molar-refractivity contribution in [2.75, 3.05) is 6.61 Å². The molecule has 4 heteroatoms. The zero-order valence-electron chi connectivity index (χ0n) is 11.2. The molecule has 1 aliphatic rings. The van der Waals surface area contributed by atoms with E-state index in [1.165, 1.54) is 12.8 Å². The van der Waals surface area contributed by atoms with Crippen LogP contribution in [0.1, 0.15) is 52.9 Å². The van der Waals surface area contributed by atoms with Gasteiger partial charge in [-0.25, -0.2) is 0 Å². The van der Waals surface area contributed by atoms with Crippen molar-refractivity contribution in [2.45, 2.75) is 70.6 Å². The predicted octanol–water partition coefficient (Wildman–Crippen LogP) is 2.18. The van der Waals surface area contributed by atoms with E-state index >= 15 is 0 Å². The number of carboxylic acids is 1. The molecule has 0 amide bonds. The molecule has 0 bridgehead atoms. The van der Waals surface area contributed by atoms with Crippen LogP contribution in [0.4, 0.5) is 0 Å². The van der Waals surface area contributed by atoms with Gasteiger partial charge in [0.1, 0.15) is 5.54 Å². The van der Waals surface area contributed by atoms with Crippen LogP contribution in [0.25, 0.3) is 0 Å². The van der Waals surface area contributed by atoms with Gasteiger partial charge in [-0.2, -0.15) is 0 Å². The number of ether oxygens (including phenoxy) is 1. The van der Waals surface area contributed by atoms with Gasteiger partial charge in [0.25, 0.3) is 0 Å². The Kier molecular flexibility index (Phi) is 5.40. The molecule has 0 spiro atoms. The molecule has 1 fully saturated rings. The summed E-state index contributed by atoms with van der Waals surface area (Å²) in [6, 6.07) is 0.155. The molecule has 0 aromatic rings. The standard InChI is InChI=1S/C13H25NO3/c1-10(2)14-13(3,12(15)16)8-9-17-11-6-4-5-7-11/h10-11,14H,4-9H2,1-3H3,(H,15,16). The van der Waals surface area contributed by atoms with Gasteiger partial charge in [0.05, 0.1) is 6.10 Å². The first-order chi connectivity index (χ1) is 7.94. The zero-order chi connectivity index (χ0) is 12.9. The lowest BCUT2D eigenvalue weighted by Gasteiger charge is -2.29. The number of nitrogens with one attached hydrogen (secondary N) is 1. The van der Waals surface area contributed by atoms with E-state index in [0.717, 1.165) is 12.8 Å². The second-order valence-electron chi connectivity index (χ2n) is 5.46. The SMILES string of the molecule is CC(C)NC(C)(CCOC1CCCC1)C(=O)O. The molecule has 1 atom stereocenters. The van der Waals surface area contributed by atoms with Crippen molar-refractivity contribution in [3.05, 3.63) is 0 Å². The average Bonchev–Trinajstić information content (AvgIpc) is 2.69. The van der Waals surface area contributed by atoms with Gasteiger partial charge < -0.3 is 9.84 Å². The van der Waals surface area contributed by atoms with Gasteiger partial charge in [-0.3, -0.25) is 10.1 Å². The highest BCUT2D eigenvalue weighted by Gasteiger charge is 2.33. The molecule has 4 nitrogen and oxygen atoms in total. The maximum atomic E-state index is 11.3. The van der Waals surface area contributed by atoms with Crippen LogP contribution in [0.15, 0.2) is 0 Å². The summed E-state index contributed by atoms with van der Waals surface area (Å²) < 4.78 is 5.73. The summed E-state index contributed by atoms with van der Waals surface area (Å²) in [6.07, 6.45) is 5.60. The van der Waals surface area contributed by atoms with Gasteiger partial charge in [0, 0.05) is 12.6 Å². The Labute approximate surface area is 104 Å². The Morgan fingerprint density at radius 2 is 2.06 bits per heavy atom. The van der Waals surface area contributed by atoms with Gasteiger partial charge >= 0.3 is 5.97 Å². The van der Waals surface area contributed by atoms with E-state index in [1.807, 2.05) is 13.8 Å². The molecule has 1 aliphatic carbocycles. The molecule has 100 valence electrons. The van der Waals surface area contributed by atoms with Crippen LogP contribution >= 0.6 is 0 Å².